The minimum Gasteiger partial charge on any atom is -0.508 e. The van der Waals surface area contributed by atoms with Gasteiger partial charge in [-0.1, -0.05) is 48.0 Å². The fourth-order valence-electron chi connectivity index (χ4n) is 3.35. The minimum atomic E-state index is -0.849. The summed E-state index contributed by atoms with van der Waals surface area (Å²) >= 11 is 0. The predicted octanol–water partition coefficient (Wildman–Crippen LogP) is 3.73. The van der Waals surface area contributed by atoms with E-state index >= 15 is 0 Å². The van der Waals surface area contributed by atoms with Gasteiger partial charge in [0, 0.05) is 11.5 Å². The van der Waals surface area contributed by atoms with Crippen molar-refractivity contribution in [3.8, 4) is 29.0 Å². The zero-order valence-corrected chi connectivity index (χ0v) is 14.0. The van der Waals surface area contributed by atoms with Gasteiger partial charge in [-0.15, -0.1) is 5.10 Å². The maximum absolute atomic E-state index is 10.4. The van der Waals surface area contributed by atoms with Crippen LogP contribution in [0.1, 0.15) is 22.6 Å². The molecule has 0 saturated carbocycles. The molecule has 0 radical (unpaired) electrons. The Kier molecular flexibility index (Phi) is 3.70. The molecule has 2 unspecified atom stereocenters. The zero-order chi connectivity index (χ0) is 18.3. The van der Waals surface area contributed by atoms with E-state index in [1.807, 2.05) is 31.2 Å². The Bertz CT molecular complexity index is 1030. The van der Waals surface area contributed by atoms with E-state index in [9.17, 15) is 10.4 Å². The Morgan fingerprint density at radius 1 is 1.19 bits per heavy atom. The number of ether oxygens (including phenoxy) is 1. The Balaban J connectivity index is 1.96. The van der Waals surface area contributed by atoms with Gasteiger partial charge >= 0.3 is 0 Å². The number of aromatic nitrogens is 2. The molecule has 3 N–H and O–H groups in total. The standard InChI is InChI=1S/C20H16N4O2/c1-11-6-8-12(9-7-11)18-17-16(13-4-2-3-5-15(13)25)14(10-21)19(22)26-20(17)24-23-18/h2-9,14,16,22,25H,1H3,(H,23,24). The molecule has 2 heterocycles. The number of hydrogen-bond donors (Lipinski definition) is 3. The van der Waals surface area contributed by atoms with Gasteiger partial charge in [-0.25, -0.2) is 0 Å². The number of para-hydroxylation sites is 1. The summed E-state index contributed by atoms with van der Waals surface area (Å²) in [5.74, 6) is -1.22. The molecule has 0 spiro atoms. The molecule has 0 fully saturated rings. The van der Waals surface area contributed by atoms with Crippen LogP contribution in [0.5, 0.6) is 11.6 Å². The van der Waals surface area contributed by atoms with Crippen molar-refractivity contribution in [3.05, 3.63) is 65.2 Å². The molecular weight excluding hydrogens is 328 g/mol. The molecule has 2 atom stereocenters. The summed E-state index contributed by atoms with van der Waals surface area (Å²) in [6.07, 6.45) is 0. The molecule has 2 aromatic carbocycles. The number of phenolic OH excluding ortho intramolecular Hbond substituents is 1. The number of nitriles is 1. The third kappa shape index (κ3) is 2.42. The fourth-order valence-corrected chi connectivity index (χ4v) is 3.35. The molecule has 6 nitrogen and oxygen atoms in total. The van der Waals surface area contributed by atoms with E-state index in [1.165, 1.54) is 0 Å². The summed E-state index contributed by atoms with van der Waals surface area (Å²) in [6.45, 7) is 2.01. The summed E-state index contributed by atoms with van der Waals surface area (Å²) in [4.78, 5) is 0. The Morgan fingerprint density at radius 2 is 1.92 bits per heavy atom. The second-order valence-electron chi connectivity index (χ2n) is 6.29. The molecule has 26 heavy (non-hydrogen) atoms. The van der Waals surface area contributed by atoms with Gasteiger partial charge in [-0.2, -0.15) is 5.26 Å². The van der Waals surface area contributed by atoms with Gasteiger partial charge in [0.2, 0.25) is 11.8 Å². The zero-order valence-electron chi connectivity index (χ0n) is 14.0. The van der Waals surface area contributed by atoms with Gasteiger partial charge in [0.05, 0.1) is 17.3 Å². The van der Waals surface area contributed by atoms with E-state index in [0.29, 0.717) is 11.1 Å². The smallest absolute Gasteiger partial charge is 0.244 e. The predicted molar refractivity (Wildman–Crippen MR) is 96.2 cm³/mol. The lowest BCUT2D eigenvalue weighted by Crippen LogP contribution is -2.30. The van der Waals surface area contributed by atoms with Crippen LogP contribution in [-0.2, 0) is 0 Å². The lowest BCUT2D eigenvalue weighted by atomic mass is 9.78. The lowest BCUT2D eigenvalue weighted by molar-refractivity contribution is 0.423. The number of H-pyrrole nitrogens is 1. The molecule has 128 valence electrons. The molecule has 6 heteroatoms. The first-order valence-corrected chi connectivity index (χ1v) is 8.19. The van der Waals surface area contributed by atoms with Crippen molar-refractivity contribution in [2.75, 3.05) is 0 Å². The van der Waals surface area contributed by atoms with Crippen LogP contribution in [0, 0.1) is 29.6 Å². The van der Waals surface area contributed by atoms with E-state index in [4.69, 9.17) is 10.1 Å². The Hall–Kier alpha value is -3.59. The molecule has 4 rings (SSSR count). The van der Waals surface area contributed by atoms with Crippen LogP contribution in [0.3, 0.4) is 0 Å². The lowest BCUT2D eigenvalue weighted by Gasteiger charge is -2.28. The van der Waals surface area contributed by atoms with Crippen LogP contribution in [0.15, 0.2) is 48.5 Å². The number of hydrogen-bond acceptors (Lipinski definition) is 5. The van der Waals surface area contributed by atoms with Crippen molar-refractivity contribution in [1.29, 1.82) is 10.7 Å². The van der Waals surface area contributed by atoms with Gasteiger partial charge in [-0.3, -0.25) is 10.5 Å². The van der Waals surface area contributed by atoms with Crippen LogP contribution in [0.4, 0.5) is 0 Å². The second kappa shape index (κ2) is 6.05. The van der Waals surface area contributed by atoms with Crippen molar-refractivity contribution in [2.45, 2.75) is 12.8 Å². The number of aromatic amines is 1. The summed E-state index contributed by atoms with van der Waals surface area (Å²) < 4.78 is 5.49. The van der Waals surface area contributed by atoms with Crippen molar-refractivity contribution >= 4 is 5.90 Å². The third-order valence-corrected chi connectivity index (χ3v) is 4.65. The minimum absolute atomic E-state index is 0.0782. The van der Waals surface area contributed by atoms with Gasteiger partial charge in [-0.05, 0) is 18.6 Å². The number of nitrogens with one attached hydrogen (secondary N) is 2. The van der Waals surface area contributed by atoms with E-state index in [1.54, 1.807) is 24.3 Å². The van der Waals surface area contributed by atoms with Gasteiger partial charge < -0.3 is 9.84 Å². The molecular formula is C20H16N4O2. The number of fused-ring (bicyclic) bond motifs is 1. The van der Waals surface area contributed by atoms with Crippen molar-refractivity contribution in [3.63, 3.8) is 0 Å². The average molecular weight is 344 g/mol. The van der Waals surface area contributed by atoms with Crippen LogP contribution in [-0.4, -0.2) is 21.2 Å². The highest BCUT2D eigenvalue weighted by Gasteiger charge is 2.41. The Morgan fingerprint density at radius 3 is 2.62 bits per heavy atom. The van der Waals surface area contributed by atoms with E-state index in [0.717, 1.165) is 16.8 Å². The SMILES string of the molecule is Cc1ccc(-c2[nH]nc3c2C(c2ccccc2O)C(C#N)C(=N)O3)cc1. The molecule has 1 aliphatic rings. The number of aryl methyl sites for hydroxylation is 1. The monoisotopic (exact) mass is 344 g/mol. The third-order valence-electron chi connectivity index (χ3n) is 4.65. The van der Waals surface area contributed by atoms with Crippen molar-refractivity contribution in [2.24, 2.45) is 5.92 Å². The Labute approximate surface area is 150 Å². The topological polar surface area (TPSA) is 106 Å². The summed E-state index contributed by atoms with van der Waals surface area (Å²) in [7, 11) is 0. The largest absolute Gasteiger partial charge is 0.508 e. The maximum atomic E-state index is 10.4. The second-order valence-corrected chi connectivity index (χ2v) is 6.29. The quantitative estimate of drug-likeness (QED) is 0.658. The van der Waals surface area contributed by atoms with Crippen LogP contribution in [0.25, 0.3) is 11.3 Å². The number of benzene rings is 2. The van der Waals surface area contributed by atoms with Gasteiger partial charge in [0.1, 0.15) is 11.7 Å². The molecule has 0 aliphatic carbocycles. The number of aromatic hydroxyl groups is 1. The normalized spacial score (nSPS) is 18.7. The summed E-state index contributed by atoms with van der Waals surface area (Å²) in [5, 5.41) is 35.3. The molecule has 0 bridgehead atoms. The van der Waals surface area contributed by atoms with E-state index < -0.39 is 11.8 Å². The van der Waals surface area contributed by atoms with Gasteiger partial charge in [0.15, 0.2) is 0 Å². The highest BCUT2D eigenvalue weighted by Crippen LogP contribution is 2.47. The number of nitrogens with zero attached hydrogens (tertiary/aromatic N) is 2. The molecule has 1 aromatic heterocycles. The number of rotatable bonds is 2. The highest BCUT2D eigenvalue weighted by molar-refractivity contribution is 5.86. The maximum Gasteiger partial charge on any atom is 0.244 e. The van der Waals surface area contributed by atoms with Crippen LogP contribution < -0.4 is 4.74 Å². The first kappa shape index (κ1) is 15.9. The van der Waals surface area contributed by atoms with Crippen molar-refractivity contribution in [1.82, 2.24) is 10.2 Å². The molecule has 0 amide bonds. The van der Waals surface area contributed by atoms with Crippen molar-refractivity contribution < 1.29 is 9.84 Å². The average Bonchev–Trinajstić information content (AvgIpc) is 3.05. The fraction of sp³-hybridized carbons (Fsp3) is 0.150. The van der Waals surface area contributed by atoms with Crippen LogP contribution >= 0.6 is 0 Å². The highest BCUT2D eigenvalue weighted by atomic mass is 16.5. The van der Waals surface area contributed by atoms with Gasteiger partial charge in [0.25, 0.3) is 0 Å². The van der Waals surface area contributed by atoms with Crippen LogP contribution in [0.2, 0.25) is 0 Å². The summed E-state index contributed by atoms with van der Waals surface area (Å²) in [6, 6.07) is 16.9. The van der Waals surface area contributed by atoms with E-state index in [2.05, 4.69) is 16.3 Å². The molecule has 0 saturated heterocycles. The first-order chi connectivity index (χ1) is 12.6. The first-order valence-electron chi connectivity index (χ1n) is 8.19. The van der Waals surface area contributed by atoms with E-state index in [-0.39, 0.29) is 17.5 Å². The molecule has 1 aliphatic heterocycles. The molecule has 3 aromatic rings. The summed E-state index contributed by atoms with van der Waals surface area (Å²) in [5.41, 5.74) is 4.01. The number of phenols is 1.